The van der Waals surface area contributed by atoms with Crippen LogP contribution in [0.5, 0.6) is 0 Å². The average molecular weight is 245 g/mol. The smallest absolute Gasteiger partial charge is 0.111 e. The van der Waals surface area contributed by atoms with Crippen LogP contribution in [-0.2, 0) is 13.5 Å². The minimum atomic E-state index is 0.105. The second-order valence-electron chi connectivity index (χ2n) is 6.26. The first-order valence-corrected chi connectivity index (χ1v) is 6.46. The number of nitrogens with two attached hydrogens (primary N) is 1. The number of imidazole rings is 1. The van der Waals surface area contributed by atoms with Crippen LogP contribution < -0.4 is 5.73 Å². The minimum absolute atomic E-state index is 0.105. The van der Waals surface area contributed by atoms with Crippen LogP contribution in [0.4, 0.5) is 0 Å². The third kappa shape index (κ3) is 2.41. The van der Waals surface area contributed by atoms with Gasteiger partial charge in [0.1, 0.15) is 5.82 Å². The maximum Gasteiger partial charge on any atom is 0.111 e. The zero-order valence-electron chi connectivity index (χ0n) is 12.0. The largest absolute Gasteiger partial charge is 0.331 e. The number of aryl methyl sites for hydroxylation is 2. The predicted molar refractivity (Wildman–Crippen MR) is 76.6 cm³/mol. The molecule has 3 heteroatoms. The molecule has 0 spiro atoms. The summed E-state index contributed by atoms with van der Waals surface area (Å²) in [5.74, 6) is 1.07. The lowest BCUT2D eigenvalue weighted by atomic mass is 9.85. The Hall–Kier alpha value is -1.35. The van der Waals surface area contributed by atoms with Crippen LogP contribution in [0.15, 0.2) is 18.2 Å². The molecule has 2 N–H and O–H groups in total. The van der Waals surface area contributed by atoms with E-state index in [0.29, 0.717) is 0 Å². The Labute approximate surface area is 109 Å². The highest BCUT2D eigenvalue weighted by atomic mass is 15.1. The third-order valence-electron chi connectivity index (χ3n) is 3.64. The summed E-state index contributed by atoms with van der Waals surface area (Å²) in [5, 5.41) is 0. The molecule has 1 aromatic carbocycles. The van der Waals surface area contributed by atoms with Gasteiger partial charge in [-0.1, -0.05) is 26.8 Å². The molecule has 0 fully saturated rings. The maximum absolute atomic E-state index is 6.25. The van der Waals surface area contributed by atoms with Crippen LogP contribution in [0.1, 0.15) is 32.2 Å². The molecule has 0 aliphatic rings. The summed E-state index contributed by atoms with van der Waals surface area (Å²) >= 11 is 0. The van der Waals surface area contributed by atoms with Crippen molar-refractivity contribution in [2.45, 2.75) is 40.2 Å². The van der Waals surface area contributed by atoms with E-state index < -0.39 is 0 Å². The number of benzene rings is 1. The molecule has 1 aromatic heterocycles. The molecule has 0 saturated heterocycles. The fraction of sp³-hybridized carbons (Fsp3) is 0.533. The zero-order valence-corrected chi connectivity index (χ0v) is 12.0. The van der Waals surface area contributed by atoms with Crippen LogP contribution in [0.3, 0.4) is 0 Å². The van der Waals surface area contributed by atoms with Crippen LogP contribution in [0.2, 0.25) is 0 Å². The lowest BCUT2D eigenvalue weighted by Gasteiger charge is -2.26. The first-order valence-electron chi connectivity index (χ1n) is 6.46. The standard InChI is InChI=1S/C15H23N3/c1-10-6-7-12-11(8-10)17-14(18(12)5)9-13(16)15(2,3)4/h6-8,13H,9,16H2,1-5H3. The summed E-state index contributed by atoms with van der Waals surface area (Å²) < 4.78 is 2.15. The number of fused-ring (bicyclic) bond motifs is 1. The fourth-order valence-corrected chi connectivity index (χ4v) is 2.05. The van der Waals surface area contributed by atoms with Gasteiger partial charge in [0.25, 0.3) is 0 Å². The fourth-order valence-electron chi connectivity index (χ4n) is 2.05. The van der Waals surface area contributed by atoms with Gasteiger partial charge in [-0.25, -0.2) is 4.98 Å². The van der Waals surface area contributed by atoms with Crippen molar-refractivity contribution in [3.8, 4) is 0 Å². The lowest BCUT2D eigenvalue weighted by molar-refractivity contribution is 0.313. The Kier molecular flexibility index (Phi) is 3.20. The normalized spacial score (nSPS) is 14.1. The second kappa shape index (κ2) is 4.39. The zero-order chi connectivity index (χ0) is 13.5. The van der Waals surface area contributed by atoms with Gasteiger partial charge in [0.15, 0.2) is 0 Å². The highest BCUT2D eigenvalue weighted by Gasteiger charge is 2.22. The van der Waals surface area contributed by atoms with E-state index in [1.54, 1.807) is 0 Å². The molecule has 2 rings (SSSR count). The van der Waals surface area contributed by atoms with E-state index in [1.165, 1.54) is 11.1 Å². The summed E-state index contributed by atoms with van der Waals surface area (Å²) in [4.78, 5) is 4.71. The van der Waals surface area contributed by atoms with Gasteiger partial charge >= 0.3 is 0 Å². The van der Waals surface area contributed by atoms with E-state index in [-0.39, 0.29) is 11.5 Å². The molecule has 18 heavy (non-hydrogen) atoms. The van der Waals surface area contributed by atoms with Crippen molar-refractivity contribution in [3.05, 3.63) is 29.6 Å². The van der Waals surface area contributed by atoms with Crippen molar-refractivity contribution in [3.63, 3.8) is 0 Å². The Morgan fingerprint density at radius 3 is 2.61 bits per heavy atom. The Morgan fingerprint density at radius 2 is 2.00 bits per heavy atom. The topological polar surface area (TPSA) is 43.8 Å². The minimum Gasteiger partial charge on any atom is -0.331 e. The van der Waals surface area contributed by atoms with Gasteiger partial charge in [0, 0.05) is 19.5 Å². The molecule has 1 unspecified atom stereocenters. The highest BCUT2D eigenvalue weighted by Crippen LogP contribution is 2.22. The van der Waals surface area contributed by atoms with Crippen LogP contribution >= 0.6 is 0 Å². The van der Waals surface area contributed by atoms with Crippen molar-refractivity contribution < 1.29 is 0 Å². The molecule has 3 nitrogen and oxygen atoms in total. The summed E-state index contributed by atoms with van der Waals surface area (Å²) in [6, 6.07) is 6.50. The predicted octanol–water partition coefficient (Wildman–Crippen LogP) is 2.80. The molecule has 0 radical (unpaired) electrons. The number of hydrogen-bond donors (Lipinski definition) is 1. The Morgan fingerprint density at radius 1 is 1.33 bits per heavy atom. The molecule has 0 aliphatic carbocycles. The Balaban J connectivity index is 2.37. The summed E-state index contributed by atoms with van der Waals surface area (Å²) in [6.45, 7) is 8.61. The molecule has 98 valence electrons. The summed E-state index contributed by atoms with van der Waals surface area (Å²) in [7, 11) is 2.06. The van der Waals surface area contributed by atoms with Gasteiger partial charge < -0.3 is 10.3 Å². The van der Waals surface area contributed by atoms with Gasteiger partial charge in [-0.3, -0.25) is 0 Å². The van der Waals surface area contributed by atoms with Crippen LogP contribution in [0, 0.1) is 12.3 Å². The van der Waals surface area contributed by atoms with Crippen molar-refractivity contribution in [2.24, 2.45) is 18.2 Å². The SMILES string of the molecule is Cc1ccc2c(c1)nc(CC(N)C(C)(C)C)n2C. The number of rotatable bonds is 2. The molecule has 0 saturated carbocycles. The van der Waals surface area contributed by atoms with E-state index in [2.05, 4.69) is 57.5 Å². The first kappa shape index (κ1) is 13.1. The van der Waals surface area contributed by atoms with Crippen LogP contribution in [0.25, 0.3) is 11.0 Å². The van der Waals surface area contributed by atoms with E-state index in [1.807, 2.05) is 0 Å². The van der Waals surface area contributed by atoms with Crippen molar-refractivity contribution >= 4 is 11.0 Å². The molecular weight excluding hydrogens is 222 g/mol. The van der Waals surface area contributed by atoms with Gasteiger partial charge in [-0.15, -0.1) is 0 Å². The summed E-state index contributed by atoms with van der Waals surface area (Å²) in [5.41, 5.74) is 9.84. The molecule has 2 aromatic rings. The maximum atomic E-state index is 6.25. The first-order chi connectivity index (χ1) is 8.29. The number of nitrogens with zero attached hydrogens (tertiary/aromatic N) is 2. The van der Waals surface area contributed by atoms with Crippen molar-refractivity contribution in [1.82, 2.24) is 9.55 Å². The van der Waals surface area contributed by atoms with Crippen LogP contribution in [-0.4, -0.2) is 15.6 Å². The monoisotopic (exact) mass is 245 g/mol. The van der Waals surface area contributed by atoms with E-state index >= 15 is 0 Å². The van der Waals surface area contributed by atoms with E-state index in [4.69, 9.17) is 10.7 Å². The molecular formula is C15H23N3. The molecule has 0 bridgehead atoms. The van der Waals surface area contributed by atoms with Gasteiger partial charge in [0.05, 0.1) is 11.0 Å². The van der Waals surface area contributed by atoms with Gasteiger partial charge in [0.2, 0.25) is 0 Å². The second-order valence-corrected chi connectivity index (χ2v) is 6.26. The molecule has 1 atom stereocenters. The quantitative estimate of drug-likeness (QED) is 0.884. The number of aromatic nitrogens is 2. The third-order valence-corrected chi connectivity index (χ3v) is 3.64. The van der Waals surface area contributed by atoms with Gasteiger partial charge in [-0.05, 0) is 30.0 Å². The number of hydrogen-bond acceptors (Lipinski definition) is 2. The van der Waals surface area contributed by atoms with Crippen molar-refractivity contribution in [1.29, 1.82) is 0 Å². The van der Waals surface area contributed by atoms with Crippen molar-refractivity contribution in [2.75, 3.05) is 0 Å². The van der Waals surface area contributed by atoms with E-state index in [0.717, 1.165) is 17.8 Å². The molecule has 0 amide bonds. The lowest BCUT2D eigenvalue weighted by Crippen LogP contribution is -2.37. The highest BCUT2D eigenvalue weighted by molar-refractivity contribution is 5.76. The average Bonchev–Trinajstić information content (AvgIpc) is 2.54. The Bertz CT molecular complexity index is 561. The summed E-state index contributed by atoms with van der Waals surface area (Å²) in [6.07, 6.45) is 0.813. The molecule has 1 heterocycles. The van der Waals surface area contributed by atoms with E-state index in [9.17, 15) is 0 Å². The van der Waals surface area contributed by atoms with Gasteiger partial charge in [-0.2, -0.15) is 0 Å². The molecule has 0 aliphatic heterocycles.